The highest BCUT2D eigenvalue weighted by Crippen LogP contribution is 2.26. The summed E-state index contributed by atoms with van der Waals surface area (Å²) in [5, 5.41) is 0. The van der Waals surface area contributed by atoms with E-state index in [2.05, 4.69) is 29.8 Å². The van der Waals surface area contributed by atoms with Crippen molar-refractivity contribution in [3.8, 4) is 0 Å². The Bertz CT molecular complexity index is 434. The van der Waals surface area contributed by atoms with E-state index in [-0.39, 0.29) is 5.91 Å². The number of carbonyl (C=O) groups excluding carboxylic acids is 1. The summed E-state index contributed by atoms with van der Waals surface area (Å²) in [5.74, 6) is 1.37. The van der Waals surface area contributed by atoms with Crippen LogP contribution in [-0.4, -0.2) is 23.9 Å². The van der Waals surface area contributed by atoms with Crippen molar-refractivity contribution >= 4 is 21.8 Å². The Balaban J connectivity index is 2.24. The quantitative estimate of drug-likeness (QED) is 0.777. The van der Waals surface area contributed by atoms with Crippen LogP contribution in [0, 0.1) is 18.8 Å². The molecule has 0 bridgehead atoms. The van der Waals surface area contributed by atoms with Gasteiger partial charge in [-0.1, -0.05) is 35.8 Å². The third kappa shape index (κ3) is 2.39. The molecule has 1 aliphatic rings. The minimum Gasteiger partial charge on any atom is -0.338 e. The second-order valence-electron chi connectivity index (χ2n) is 5.08. The van der Waals surface area contributed by atoms with E-state index in [1.807, 2.05) is 30.0 Å². The van der Waals surface area contributed by atoms with Gasteiger partial charge in [0.25, 0.3) is 5.91 Å². The molecule has 92 valence electrons. The van der Waals surface area contributed by atoms with Crippen molar-refractivity contribution in [2.75, 3.05) is 13.1 Å². The number of hydrogen-bond acceptors (Lipinski definition) is 1. The van der Waals surface area contributed by atoms with Gasteiger partial charge in [0, 0.05) is 23.1 Å². The monoisotopic (exact) mass is 295 g/mol. The number of amides is 1. The molecule has 1 heterocycles. The maximum Gasteiger partial charge on any atom is 0.254 e. The van der Waals surface area contributed by atoms with E-state index in [1.54, 1.807) is 0 Å². The molecule has 1 amide bonds. The van der Waals surface area contributed by atoms with Crippen molar-refractivity contribution in [2.24, 2.45) is 11.8 Å². The van der Waals surface area contributed by atoms with Gasteiger partial charge < -0.3 is 4.90 Å². The standard InChI is InChI=1S/C14H18BrNO/c1-9-7-16(8-10(9)2)14(17)12-5-4-6-13(15)11(12)3/h4-6,9-10H,7-8H2,1-3H3. The lowest BCUT2D eigenvalue weighted by molar-refractivity contribution is 0.0784. The molecule has 2 unspecified atom stereocenters. The average molecular weight is 296 g/mol. The van der Waals surface area contributed by atoms with E-state index < -0.39 is 0 Å². The molecule has 2 nitrogen and oxygen atoms in total. The highest BCUT2D eigenvalue weighted by molar-refractivity contribution is 9.10. The van der Waals surface area contributed by atoms with Crippen molar-refractivity contribution in [2.45, 2.75) is 20.8 Å². The molecule has 1 fully saturated rings. The highest BCUT2D eigenvalue weighted by atomic mass is 79.9. The van der Waals surface area contributed by atoms with Gasteiger partial charge >= 0.3 is 0 Å². The molecule has 1 aromatic rings. The zero-order valence-corrected chi connectivity index (χ0v) is 12.1. The Kier molecular flexibility index (Phi) is 3.57. The fourth-order valence-corrected chi connectivity index (χ4v) is 2.67. The molecule has 0 radical (unpaired) electrons. The van der Waals surface area contributed by atoms with Gasteiger partial charge in [-0.25, -0.2) is 0 Å². The third-order valence-corrected chi connectivity index (χ3v) is 4.63. The topological polar surface area (TPSA) is 20.3 Å². The van der Waals surface area contributed by atoms with Crippen LogP contribution >= 0.6 is 15.9 Å². The van der Waals surface area contributed by atoms with Gasteiger partial charge in [-0.3, -0.25) is 4.79 Å². The molecule has 1 saturated heterocycles. The highest BCUT2D eigenvalue weighted by Gasteiger charge is 2.30. The minimum atomic E-state index is 0.167. The Morgan fingerprint density at radius 2 is 1.88 bits per heavy atom. The molecule has 3 heteroatoms. The van der Waals surface area contributed by atoms with Gasteiger partial charge in [0.1, 0.15) is 0 Å². The number of nitrogens with zero attached hydrogens (tertiary/aromatic N) is 1. The average Bonchev–Trinajstić information content (AvgIpc) is 2.62. The summed E-state index contributed by atoms with van der Waals surface area (Å²) in [6.45, 7) is 8.18. The van der Waals surface area contributed by atoms with Gasteiger partial charge in [0.05, 0.1) is 0 Å². The van der Waals surface area contributed by atoms with Crippen LogP contribution in [0.5, 0.6) is 0 Å². The molecule has 0 spiro atoms. The molecular formula is C14H18BrNO. The van der Waals surface area contributed by atoms with E-state index in [1.165, 1.54) is 0 Å². The minimum absolute atomic E-state index is 0.167. The fourth-order valence-electron chi connectivity index (χ4n) is 2.31. The molecule has 0 saturated carbocycles. The van der Waals surface area contributed by atoms with Gasteiger partial charge in [-0.2, -0.15) is 0 Å². The first-order valence-electron chi connectivity index (χ1n) is 6.05. The van der Waals surface area contributed by atoms with Crippen LogP contribution in [0.3, 0.4) is 0 Å². The second-order valence-corrected chi connectivity index (χ2v) is 5.93. The van der Waals surface area contributed by atoms with E-state index in [0.717, 1.165) is 28.7 Å². The normalized spacial score (nSPS) is 24.1. The van der Waals surface area contributed by atoms with Crippen LogP contribution in [0.2, 0.25) is 0 Å². The molecule has 1 aromatic carbocycles. The maximum atomic E-state index is 12.4. The predicted octanol–water partition coefficient (Wildman–Crippen LogP) is 3.49. The zero-order valence-electron chi connectivity index (χ0n) is 10.5. The number of carbonyl (C=O) groups is 1. The van der Waals surface area contributed by atoms with Crippen molar-refractivity contribution in [1.82, 2.24) is 4.90 Å². The summed E-state index contributed by atoms with van der Waals surface area (Å²) in [6.07, 6.45) is 0. The largest absolute Gasteiger partial charge is 0.338 e. The molecule has 2 atom stereocenters. The fraction of sp³-hybridized carbons (Fsp3) is 0.500. The van der Waals surface area contributed by atoms with E-state index >= 15 is 0 Å². The van der Waals surface area contributed by atoms with Crippen molar-refractivity contribution in [3.63, 3.8) is 0 Å². The van der Waals surface area contributed by atoms with Crippen LogP contribution in [0.15, 0.2) is 22.7 Å². The summed E-state index contributed by atoms with van der Waals surface area (Å²) >= 11 is 3.48. The van der Waals surface area contributed by atoms with Gasteiger partial charge in [0.2, 0.25) is 0 Å². The lowest BCUT2D eigenvalue weighted by Crippen LogP contribution is -2.29. The molecular weight excluding hydrogens is 278 g/mol. The van der Waals surface area contributed by atoms with Crippen LogP contribution in [0.25, 0.3) is 0 Å². The summed E-state index contributed by atoms with van der Waals surface area (Å²) in [7, 11) is 0. The Morgan fingerprint density at radius 3 is 2.47 bits per heavy atom. The van der Waals surface area contributed by atoms with Crippen molar-refractivity contribution in [1.29, 1.82) is 0 Å². The number of hydrogen-bond donors (Lipinski definition) is 0. The zero-order chi connectivity index (χ0) is 12.6. The first-order valence-corrected chi connectivity index (χ1v) is 6.84. The van der Waals surface area contributed by atoms with E-state index in [9.17, 15) is 4.79 Å². The number of benzene rings is 1. The molecule has 0 aliphatic carbocycles. The summed E-state index contributed by atoms with van der Waals surface area (Å²) in [5.41, 5.74) is 1.85. The van der Waals surface area contributed by atoms with Gasteiger partial charge in [0.15, 0.2) is 0 Å². The summed E-state index contributed by atoms with van der Waals surface area (Å²) < 4.78 is 1.00. The first-order chi connectivity index (χ1) is 8.00. The van der Waals surface area contributed by atoms with Crippen molar-refractivity contribution < 1.29 is 4.79 Å². The first kappa shape index (κ1) is 12.6. The van der Waals surface area contributed by atoms with Crippen molar-refractivity contribution in [3.05, 3.63) is 33.8 Å². The SMILES string of the molecule is Cc1c(Br)cccc1C(=O)N1CC(C)C(C)C1. The molecule has 1 aliphatic heterocycles. The molecule has 17 heavy (non-hydrogen) atoms. The van der Waals surface area contributed by atoms with E-state index in [4.69, 9.17) is 0 Å². The van der Waals surface area contributed by atoms with Gasteiger partial charge in [-0.05, 0) is 36.5 Å². The number of halogens is 1. The predicted molar refractivity (Wildman–Crippen MR) is 73.1 cm³/mol. The number of likely N-dealkylation sites (tertiary alicyclic amines) is 1. The lowest BCUT2D eigenvalue weighted by Gasteiger charge is -2.17. The maximum absolute atomic E-state index is 12.4. The van der Waals surface area contributed by atoms with E-state index in [0.29, 0.717) is 11.8 Å². The second kappa shape index (κ2) is 4.81. The Hall–Kier alpha value is -0.830. The third-order valence-electron chi connectivity index (χ3n) is 3.77. The smallest absolute Gasteiger partial charge is 0.254 e. The molecule has 2 rings (SSSR count). The Morgan fingerprint density at radius 1 is 1.29 bits per heavy atom. The lowest BCUT2D eigenvalue weighted by atomic mass is 10.0. The molecule has 0 N–H and O–H groups in total. The number of rotatable bonds is 1. The van der Waals surface area contributed by atoms with Crippen LogP contribution in [-0.2, 0) is 0 Å². The summed E-state index contributed by atoms with van der Waals surface area (Å²) in [6, 6.07) is 5.81. The van der Waals surface area contributed by atoms with Crippen LogP contribution in [0.1, 0.15) is 29.8 Å². The van der Waals surface area contributed by atoms with Gasteiger partial charge in [-0.15, -0.1) is 0 Å². The Labute approximate surface area is 111 Å². The van der Waals surface area contributed by atoms with Crippen LogP contribution < -0.4 is 0 Å². The van der Waals surface area contributed by atoms with Crippen LogP contribution in [0.4, 0.5) is 0 Å². The summed E-state index contributed by atoms with van der Waals surface area (Å²) in [4.78, 5) is 14.4. The molecule has 0 aromatic heterocycles.